The molecule has 162 valence electrons. The number of anilines is 1. The van der Waals surface area contributed by atoms with Crippen molar-refractivity contribution in [1.82, 2.24) is 14.6 Å². The summed E-state index contributed by atoms with van der Waals surface area (Å²) < 4.78 is 28.4. The Labute approximate surface area is 179 Å². The van der Waals surface area contributed by atoms with Crippen molar-refractivity contribution in [2.45, 2.75) is 38.1 Å². The number of aryl methyl sites for hydroxylation is 1. The van der Waals surface area contributed by atoms with E-state index in [0.717, 1.165) is 11.4 Å². The monoisotopic (exact) mass is 430 g/mol. The summed E-state index contributed by atoms with van der Waals surface area (Å²) in [5.74, 6) is 0.901. The highest BCUT2D eigenvalue weighted by Crippen LogP contribution is 2.17. The van der Waals surface area contributed by atoms with Gasteiger partial charge in [0.25, 0.3) is 0 Å². The van der Waals surface area contributed by atoms with Crippen LogP contribution in [0, 0.1) is 12.8 Å². The molecule has 7 nitrogen and oxygen atoms in total. The predicted octanol–water partition coefficient (Wildman–Crippen LogP) is 2.43. The van der Waals surface area contributed by atoms with Gasteiger partial charge in [-0.25, -0.2) is 13.4 Å². The summed E-state index contributed by atoms with van der Waals surface area (Å²) in [6.07, 6.45) is 2.20. The fourth-order valence-corrected chi connectivity index (χ4v) is 4.76. The molecule has 0 spiro atoms. The van der Waals surface area contributed by atoms with Gasteiger partial charge in [-0.15, -0.1) is 0 Å². The molecule has 0 aliphatic carbocycles. The molecule has 1 saturated heterocycles. The number of nitrogens with one attached hydrogen (secondary N) is 1. The van der Waals surface area contributed by atoms with Crippen LogP contribution in [0.2, 0.25) is 0 Å². The van der Waals surface area contributed by atoms with Crippen LogP contribution in [0.15, 0.2) is 53.6 Å². The number of pyridine rings is 1. The van der Waals surface area contributed by atoms with E-state index in [1.807, 2.05) is 39.0 Å². The molecular weight excluding hydrogens is 400 g/mol. The first-order valence-electron chi connectivity index (χ1n) is 10.3. The number of hydrogen-bond donors (Lipinski definition) is 1. The van der Waals surface area contributed by atoms with Gasteiger partial charge in [-0.1, -0.05) is 37.6 Å². The van der Waals surface area contributed by atoms with Crippen LogP contribution in [-0.2, 0) is 14.8 Å². The molecule has 1 N–H and O–H groups in total. The van der Waals surface area contributed by atoms with Crippen LogP contribution >= 0.6 is 0 Å². The summed E-state index contributed by atoms with van der Waals surface area (Å²) in [5, 5.41) is 0. The van der Waals surface area contributed by atoms with E-state index in [-0.39, 0.29) is 16.7 Å². The van der Waals surface area contributed by atoms with Crippen molar-refractivity contribution in [1.29, 1.82) is 0 Å². The number of hydrogen-bond acceptors (Lipinski definition) is 5. The zero-order chi connectivity index (χ0) is 21.7. The minimum atomic E-state index is -3.78. The molecule has 2 aromatic rings. The molecule has 8 heteroatoms. The minimum absolute atomic E-state index is 0.167. The smallest absolute Gasteiger partial charge is 0.241 e. The summed E-state index contributed by atoms with van der Waals surface area (Å²) in [6, 6.07) is 11.6. The molecule has 0 radical (unpaired) electrons. The topological polar surface area (TPSA) is 82.6 Å². The number of carbonyl (C=O) groups is 1. The summed E-state index contributed by atoms with van der Waals surface area (Å²) in [4.78, 5) is 21.6. The second kappa shape index (κ2) is 9.57. The first-order valence-corrected chi connectivity index (χ1v) is 11.8. The second-order valence-electron chi connectivity index (χ2n) is 8.12. The Morgan fingerprint density at radius 3 is 2.30 bits per heavy atom. The largest absolute Gasteiger partial charge is 0.353 e. The van der Waals surface area contributed by atoms with Gasteiger partial charge in [-0.3, -0.25) is 4.79 Å². The van der Waals surface area contributed by atoms with E-state index in [0.29, 0.717) is 32.6 Å². The summed E-state index contributed by atoms with van der Waals surface area (Å²) in [6.45, 7) is 8.29. The Morgan fingerprint density at radius 1 is 1.07 bits per heavy atom. The molecule has 1 aliphatic rings. The van der Waals surface area contributed by atoms with Crippen molar-refractivity contribution in [2.24, 2.45) is 5.92 Å². The van der Waals surface area contributed by atoms with Crippen molar-refractivity contribution >= 4 is 21.7 Å². The van der Waals surface area contributed by atoms with Crippen LogP contribution in [0.3, 0.4) is 0 Å². The van der Waals surface area contributed by atoms with Crippen LogP contribution in [0.1, 0.15) is 25.8 Å². The average molecular weight is 431 g/mol. The second-order valence-corrected chi connectivity index (χ2v) is 9.83. The van der Waals surface area contributed by atoms with Crippen LogP contribution in [0.5, 0.6) is 0 Å². The average Bonchev–Trinajstić information content (AvgIpc) is 2.73. The number of sulfonamides is 1. The molecule has 1 aliphatic heterocycles. The number of nitrogens with zero attached hydrogens (tertiary/aromatic N) is 3. The van der Waals surface area contributed by atoms with Gasteiger partial charge in [0.15, 0.2) is 0 Å². The fraction of sp³-hybridized carbons (Fsp3) is 0.455. The molecule has 1 amide bonds. The van der Waals surface area contributed by atoms with Gasteiger partial charge < -0.3 is 9.80 Å². The number of benzene rings is 1. The maximum Gasteiger partial charge on any atom is 0.241 e. The van der Waals surface area contributed by atoms with Crippen LogP contribution < -0.4 is 9.62 Å². The van der Waals surface area contributed by atoms with E-state index in [1.54, 1.807) is 35.4 Å². The SMILES string of the molecule is Cc1ccc(S(=O)(=O)N[C@H](CC(C)C)C(=O)N2CCN(c3ccccn3)CC2)cc1. The third kappa shape index (κ3) is 5.58. The van der Waals surface area contributed by atoms with E-state index in [4.69, 9.17) is 0 Å². The van der Waals surface area contributed by atoms with Gasteiger partial charge in [0, 0.05) is 32.4 Å². The lowest BCUT2D eigenvalue weighted by molar-refractivity contribution is -0.133. The summed E-state index contributed by atoms with van der Waals surface area (Å²) >= 11 is 0. The van der Waals surface area contributed by atoms with E-state index < -0.39 is 16.1 Å². The number of carbonyl (C=O) groups excluding carboxylic acids is 1. The quantitative estimate of drug-likeness (QED) is 0.730. The molecule has 30 heavy (non-hydrogen) atoms. The molecule has 1 aromatic heterocycles. The van der Waals surface area contributed by atoms with Gasteiger partial charge in [0.05, 0.1) is 4.90 Å². The Morgan fingerprint density at radius 2 is 1.73 bits per heavy atom. The first-order chi connectivity index (χ1) is 14.3. The normalized spacial score (nSPS) is 16.0. The fourth-order valence-electron chi connectivity index (χ4n) is 3.56. The minimum Gasteiger partial charge on any atom is -0.353 e. The van der Waals surface area contributed by atoms with Gasteiger partial charge >= 0.3 is 0 Å². The summed E-state index contributed by atoms with van der Waals surface area (Å²) in [5.41, 5.74) is 0.981. The highest BCUT2D eigenvalue weighted by Gasteiger charge is 2.31. The lowest BCUT2D eigenvalue weighted by Crippen LogP contribution is -2.55. The Kier molecular flexibility index (Phi) is 7.10. The molecule has 1 atom stereocenters. The Bertz CT molecular complexity index is 938. The van der Waals surface area contributed by atoms with E-state index in [2.05, 4.69) is 14.6 Å². The Hall–Kier alpha value is -2.45. The zero-order valence-electron chi connectivity index (χ0n) is 17.8. The molecule has 0 saturated carbocycles. The van der Waals surface area contributed by atoms with Crippen molar-refractivity contribution in [2.75, 3.05) is 31.1 Å². The number of piperazine rings is 1. The van der Waals surface area contributed by atoms with Crippen molar-refractivity contribution < 1.29 is 13.2 Å². The standard InChI is InChI=1S/C22H30N4O3S/c1-17(2)16-20(24-30(28,29)19-9-7-18(3)8-10-19)22(27)26-14-12-25(13-15-26)21-6-4-5-11-23-21/h4-11,17,20,24H,12-16H2,1-3H3/t20-/m1/s1. The third-order valence-corrected chi connectivity index (χ3v) is 6.69. The zero-order valence-corrected chi connectivity index (χ0v) is 18.6. The van der Waals surface area contributed by atoms with Gasteiger partial charge in [0.1, 0.15) is 11.9 Å². The summed E-state index contributed by atoms with van der Waals surface area (Å²) in [7, 11) is -3.78. The molecule has 0 unspecified atom stereocenters. The first kappa shape index (κ1) is 22.2. The Balaban J connectivity index is 1.69. The van der Waals surface area contributed by atoms with Gasteiger partial charge in [0.2, 0.25) is 15.9 Å². The molecule has 1 aromatic carbocycles. The third-order valence-electron chi connectivity index (χ3n) is 5.20. The van der Waals surface area contributed by atoms with Crippen LogP contribution in [-0.4, -0.2) is 56.4 Å². The maximum absolute atomic E-state index is 13.2. The molecule has 1 fully saturated rings. The lowest BCUT2D eigenvalue weighted by atomic mass is 10.0. The van der Waals surface area contributed by atoms with Gasteiger partial charge in [-0.05, 0) is 43.5 Å². The number of aromatic nitrogens is 1. The molecular formula is C22H30N4O3S. The van der Waals surface area contributed by atoms with Crippen molar-refractivity contribution in [3.63, 3.8) is 0 Å². The van der Waals surface area contributed by atoms with E-state index in [9.17, 15) is 13.2 Å². The number of rotatable bonds is 7. The lowest BCUT2D eigenvalue weighted by Gasteiger charge is -2.37. The van der Waals surface area contributed by atoms with Crippen LogP contribution in [0.4, 0.5) is 5.82 Å². The van der Waals surface area contributed by atoms with E-state index in [1.165, 1.54) is 0 Å². The number of amides is 1. The molecule has 3 rings (SSSR count). The van der Waals surface area contributed by atoms with Gasteiger partial charge in [-0.2, -0.15) is 4.72 Å². The van der Waals surface area contributed by atoms with E-state index >= 15 is 0 Å². The van der Waals surface area contributed by atoms with Crippen molar-refractivity contribution in [3.05, 3.63) is 54.2 Å². The van der Waals surface area contributed by atoms with Crippen LogP contribution in [0.25, 0.3) is 0 Å². The molecule has 2 heterocycles. The molecule has 0 bridgehead atoms. The predicted molar refractivity (Wildman–Crippen MR) is 118 cm³/mol. The van der Waals surface area contributed by atoms with Crippen molar-refractivity contribution in [3.8, 4) is 0 Å². The highest BCUT2D eigenvalue weighted by molar-refractivity contribution is 7.89. The highest BCUT2D eigenvalue weighted by atomic mass is 32.2. The maximum atomic E-state index is 13.2.